The fraction of sp³-hybridized carbons (Fsp3) is 0.650. The molecule has 28 heavy (non-hydrogen) atoms. The van der Waals surface area contributed by atoms with E-state index in [-0.39, 0.29) is 12.0 Å². The van der Waals surface area contributed by atoms with E-state index < -0.39 is 12.6 Å². The Kier molecular flexibility index (Phi) is 7.98. The maximum absolute atomic E-state index is 12.4. The van der Waals surface area contributed by atoms with Crippen LogP contribution < -0.4 is 15.4 Å². The number of aliphatic imine (C=N–C) groups is 1. The first-order valence-corrected chi connectivity index (χ1v) is 9.61. The molecular weight excluding hydrogens is 371 g/mol. The predicted octanol–water partition coefficient (Wildman–Crippen LogP) is 3.56. The Hall–Kier alpha value is -1.96. The number of ether oxygens (including phenoxy) is 2. The Balaban J connectivity index is 2.24. The van der Waals surface area contributed by atoms with Crippen LogP contribution in [-0.4, -0.2) is 52.1 Å². The van der Waals surface area contributed by atoms with Gasteiger partial charge < -0.3 is 20.1 Å². The summed E-state index contributed by atoms with van der Waals surface area (Å²) in [6, 6.07) is 6.07. The molecule has 158 valence electrons. The number of hydrogen-bond acceptors (Lipinski definition) is 3. The first-order valence-electron chi connectivity index (χ1n) is 9.61. The Bertz CT molecular complexity index is 657. The highest BCUT2D eigenvalue weighted by Crippen LogP contribution is 2.40. The number of benzene rings is 1. The Morgan fingerprint density at radius 3 is 2.57 bits per heavy atom. The van der Waals surface area contributed by atoms with Crippen molar-refractivity contribution in [3.63, 3.8) is 0 Å². The number of aryl methyl sites for hydroxylation is 1. The van der Waals surface area contributed by atoms with Gasteiger partial charge in [-0.2, -0.15) is 13.2 Å². The van der Waals surface area contributed by atoms with Crippen molar-refractivity contribution in [2.75, 3.05) is 40.0 Å². The zero-order valence-electron chi connectivity index (χ0n) is 16.8. The van der Waals surface area contributed by atoms with Gasteiger partial charge in [-0.1, -0.05) is 17.7 Å². The molecule has 2 N–H and O–H groups in total. The van der Waals surface area contributed by atoms with Crippen LogP contribution in [0.2, 0.25) is 0 Å². The maximum atomic E-state index is 12.4. The molecule has 0 aliphatic carbocycles. The number of alkyl halides is 3. The quantitative estimate of drug-likeness (QED) is 0.542. The van der Waals surface area contributed by atoms with E-state index in [9.17, 15) is 13.2 Å². The standard InChI is InChI=1S/C20H30F3N3O2/c1-4-24-18(25-10-7-20(21,22)23)26-14-19(8-11-28-12-9-19)16-13-15(2)5-6-17(16)27-3/h5-6,13H,4,7-12,14H2,1-3H3,(H2,24,25,26). The minimum atomic E-state index is -4.19. The highest BCUT2D eigenvalue weighted by molar-refractivity contribution is 5.79. The van der Waals surface area contributed by atoms with E-state index in [4.69, 9.17) is 9.47 Å². The third-order valence-electron chi connectivity index (χ3n) is 4.96. The van der Waals surface area contributed by atoms with Gasteiger partial charge in [-0.25, -0.2) is 0 Å². The van der Waals surface area contributed by atoms with Crippen molar-refractivity contribution in [3.8, 4) is 5.75 Å². The lowest BCUT2D eigenvalue weighted by molar-refractivity contribution is -0.132. The van der Waals surface area contributed by atoms with Gasteiger partial charge in [0.25, 0.3) is 0 Å². The number of rotatable bonds is 7. The van der Waals surface area contributed by atoms with E-state index in [0.717, 1.165) is 29.7 Å². The molecule has 0 saturated carbocycles. The average Bonchev–Trinajstić information content (AvgIpc) is 2.66. The first-order chi connectivity index (χ1) is 13.3. The molecule has 0 spiro atoms. The van der Waals surface area contributed by atoms with Crippen molar-refractivity contribution >= 4 is 5.96 Å². The number of hydrogen-bond donors (Lipinski definition) is 2. The molecule has 8 heteroatoms. The Morgan fingerprint density at radius 1 is 1.25 bits per heavy atom. The van der Waals surface area contributed by atoms with Gasteiger partial charge in [-0.15, -0.1) is 0 Å². The predicted molar refractivity (Wildman–Crippen MR) is 104 cm³/mol. The van der Waals surface area contributed by atoms with Crippen molar-refractivity contribution in [3.05, 3.63) is 29.3 Å². The SMILES string of the molecule is CCNC(=NCC1(c2cc(C)ccc2OC)CCOCC1)NCCC(F)(F)F. The molecular formula is C20H30F3N3O2. The summed E-state index contributed by atoms with van der Waals surface area (Å²) in [5, 5.41) is 5.81. The summed E-state index contributed by atoms with van der Waals surface area (Å²) in [5.41, 5.74) is 1.93. The molecule has 0 unspecified atom stereocenters. The van der Waals surface area contributed by atoms with Gasteiger partial charge in [0.15, 0.2) is 5.96 Å². The molecule has 5 nitrogen and oxygen atoms in total. The molecule has 0 aromatic heterocycles. The number of guanidine groups is 1. The average molecular weight is 401 g/mol. The zero-order valence-corrected chi connectivity index (χ0v) is 16.8. The number of nitrogens with one attached hydrogen (secondary N) is 2. The molecule has 2 rings (SSSR count). The van der Waals surface area contributed by atoms with E-state index >= 15 is 0 Å². The number of methoxy groups -OCH3 is 1. The molecule has 1 heterocycles. The number of nitrogens with zero attached hydrogens (tertiary/aromatic N) is 1. The van der Waals surface area contributed by atoms with Crippen molar-refractivity contribution in [1.82, 2.24) is 10.6 Å². The summed E-state index contributed by atoms with van der Waals surface area (Å²) in [7, 11) is 1.65. The van der Waals surface area contributed by atoms with E-state index in [1.165, 1.54) is 0 Å². The minimum absolute atomic E-state index is 0.209. The molecule has 0 radical (unpaired) electrons. The van der Waals surface area contributed by atoms with E-state index in [0.29, 0.717) is 32.3 Å². The van der Waals surface area contributed by atoms with Gasteiger partial charge in [0, 0.05) is 37.3 Å². The fourth-order valence-electron chi connectivity index (χ4n) is 3.41. The van der Waals surface area contributed by atoms with Gasteiger partial charge in [-0.05, 0) is 32.8 Å². The second-order valence-electron chi connectivity index (χ2n) is 7.08. The van der Waals surface area contributed by atoms with Crippen LogP contribution in [0.1, 0.15) is 37.3 Å². The molecule has 0 amide bonds. The summed E-state index contributed by atoms with van der Waals surface area (Å²) in [6.45, 7) is 5.95. The Morgan fingerprint density at radius 2 is 1.96 bits per heavy atom. The van der Waals surface area contributed by atoms with Crippen molar-refractivity contribution < 1.29 is 22.6 Å². The third kappa shape index (κ3) is 6.29. The van der Waals surface area contributed by atoms with Crippen molar-refractivity contribution in [1.29, 1.82) is 0 Å². The van der Waals surface area contributed by atoms with Crippen LogP contribution in [0.15, 0.2) is 23.2 Å². The normalized spacial score (nSPS) is 17.3. The number of halogens is 3. The summed E-state index contributed by atoms with van der Waals surface area (Å²) in [5.74, 6) is 1.20. The summed E-state index contributed by atoms with van der Waals surface area (Å²) < 4.78 is 48.5. The van der Waals surface area contributed by atoms with Crippen LogP contribution in [0.25, 0.3) is 0 Å². The molecule has 1 aromatic carbocycles. The van der Waals surface area contributed by atoms with Gasteiger partial charge in [0.05, 0.1) is 20.1 Å². The molecule has 1 aliphatic heterocycles. The lowest BCUT2D eigenvalue weighted by Gasteiger charge is -2.37. The molecule has 1 aliphatic rings. The lowest BCUT2D eigenvalue weighted by atomic mass is 9.73. The topological polar surface area (TPSA) is 54.9 Å². The molecule has 1 fully saturated rings. The Labute approximate surface area is 164 Å². The molecule has 0 bridgehead atoms. The van der Waals surface area contributed by atoms with E-state index in [1.807, 2.05) is 26.0 Å². The maximum Gasteiger partial charge on any atom is 0.390 e. The van der Waals surface area contributed by atoms with Gasteiger partial charge >= 0.3 is 6.18 Å². The van der Waals surface area contributed by atoms with E-state index in [2.05, 4.69) is 21.7 Å². The van der Waals surface area contributed by atoms with Crippen LogP contribution in [0.5, 0.6) is 5.75 Å². The van der Waals surface area contributed by atoms with Crippen LogP contribution in [0.3, 0.4) is 0 Å². The molecule has 1 saturated heterocycles. The second-order valence-corrected chi connectivity index (χ2v) is 7.08. The summed E-state index contributed by atoms with van der Waals surface area (Å²) in [6.07, 6.45) is -3.54. The second kappa shape index (κ2) is 10.0. The van der Waals surface area contributed by atoms with Crippen molar-refractivity contribution in [2.24, 2.45) is 4.99 Å². The fourth-order valence-corrected chi connectivity index (χ4v) is 3.41. The highest BCUT2D eigenvalue weighted by Gasteiger charge is 2.37. The monoisotopic (exact) mass is 401 g/mol. The first kappa shape index (κ1) is 22.3. The summed E-state index contributed by atoms with van der Waals surface area (Å²) in [4.78, 5) is 4.63. The smallest absolute Gasteiger partial charge is 0.390 e. The van der Waals surface area contributed by atoms with E-state index in [1.54, 1.807) is 7.11 Å². The van der Waals surface area contributed by atoms with Crippen LogP contribution in [0.4, 0.5) is 13.2 Å². The van der Waals surface area contributed by atoms with Crippen LogP contribution in [0, 0.1) is 6.92 Å². The van der Waals surface area contributed by atoms with Gasteiger partial charge in [-0.3, -0.25) is 4.99 Å². The zero-order chi connectivity index (χ0) is 20.6. The molecule has 0 atom stereocenters. The third-order valence-corrected chi connectivity index (χ3v) is 4.96. The highest BCUT2D eigenvalue weighted by atomic mass is 19.4. The largest absolute Gasteiger partial charge is 0.496 e. The van der Waals surface area contributed by atoms with Crippen LogP contribution in [-0.2, 0) is 10.2 Å². The minimum Gasteiger partial charge on any atom is -0.496 e. The summed E-state index contributed by atoms with van der Waals surface area (Å²) >= 11 is 0. The van der Waals surface area contributed by atoms with Gasteiger partial charge in [0.1, 0.15) is 5.75 Å². The van der Waals surface area contributed by atoms with Gasteiger partial charge in [0.2, 0.25) is 0 Å². The van der Waals surface area contributed by atoms with Crippen LogP contribution >= 0.6 is 0 Å². The van der Waals surface area contributed by atoms with Crippen molar-refractivity contribution in [2.45, 2.75) is 44.7 Å². The molecule has 1 aromatic rings. The lowest BCUT2D eigenvalue weighted by Crippen LogP contribution is -2.42.